The second kappa shape index (κ2) is 6.48. The molecule has 0 radical (unpaired) electrons. The maximum absolute atomic E-state index is 11.9. The lowest BCUT2D eigenvalue weighted by Gasteiger charge is -2.23. The lowest BCUT2D eigenvalue weighted by atomic mass is 10.0. The summed E-state index contributed by atoms with van der Waals surface area (Å²) in [5.74, 6) is 0.286. The van der Waals surface area contributed by atoms with Crippen LogP contribution in [0, 0.1) is 0 Å². The zero-order chi connectivity index (χ0) is 13.8. The molecule has 1 aliphatic rings. The maximum atomic E-state index is 11.9. The van der Waals surface area contributed by atoms with E-state index in [0.717, 1.165) is 54.6 Å². The average molecular weight is 281 g/mol. The number of Topliss-reactive ketones (excluding diaryl/α,β-unsaturated/α-hetero) is 1. The normalized spacial score (nSPS) is 14.8. The van der Waals surface area contributed by atoms with Crippen molar-refractivity contribution in [2.24, 2.45) is 0 Å². The summed E-state index contributed by atoms with van der Waals surface area (Å²) in [5.41, 5.74) is 1.03. The van der Waals surface area contributed by atoms with E-state index in [9.17, 15) is 4.79 Å². The molecule has 1 aromatic rings. The third kappa shape index (κ3) is 3.54. The van der Waals surface area contributed by atoms with Crippen LogP contribution in [0.25, 0.3) is 0 Å². The molecule has 1 heterocycles. The number of aryl methyl sites for hydroxylation is 1. The number of hydrogen-bond acceptors (Lipinski definition) is 5. The Balaban J connectivity index is 2.15. The van der Waals surface area contributed by atoms with E-state index in [1.54, 1.807) is 11.3 Å². The molecule has 0 bridgehead atoms. The number of thiazole rings is 1. The number of hydrogen-bond donors (Lipinski definition) is 0. The Labute approximate surface area is 119 Å². The van der Waals surface area contributed by atoms with Crippen molar-refractivity contribution in [1.29, 1.82) is 0 Å². The molecule has 106 valence electrons. The van der Waals surface area contributed by atoms with Gasteiger partial charge in [0, 0.05) is 26.1 Å². The van der Waals surface area contributed by atoms with Crippen molar-refractivity contribution >= 4 is 22.3 Å². The van der Waals surface area contributed by atoms with E-state index >= 15 is 0 Å². The van der Waals surface area contributed by atoms with Gasteiger partial charge in [0.2, 0.25) is 0 Å². The standard InChI is InChI=1S/C14H23N3OS/c1-4-8-17(10-9-16(2)3)14-15-11-6-5-7-12(18)13(11)19-14/h4-10H2,1-3H3. The summed E-state index contributed by atoms with van der Waals surface area (Å²) in [4.78, 5) is 22.0. The largest absolute Gasteiger partial charge is 0.347 e. The van der Waals surface area contributed by atoms with Gasteiger partial charge in [-0.1, -0.05) is 18.3 Å². The second-order valence-corrected chi connectivity index (χ2v) is 6.32. The number of fused-ring (bicyclic) bond motifs is 1. The highest BCUT2D eigenvalue weighted by Gasteiger charge is 2.23. The van der Waals surface area contributed by atoms with Crippen molar-refractivity contribution in [3.8, 4) is 0 Å². The van der Waals surface area contributed by atoms with Crippen LogP contribution in [0.4, 0.5) is 5.13 Å². The van der Waals surface area contributed by atoms with E-state index in [0.29, 0.717) is 6.42 Å². The van der Waals surface area contributed by atoms with Gasteiger partial charge in [0.05, 0.1) is 10.6 Å². The van der Waals surface area contributed by atoms with Crippen molar-refractivity contribution in [3.05, 3.63) is 10.6 Å². The van der Waals surface area contributed by atoms with Crippen LogP contribution in [-0.4, -0.2) is 49.4 Å². The van der Waals surface area contributed by atoms with Crippen molar-refractivity contribution < 1.29 is 4.79 Å². The fourth-order valence-electron chi connectivity index (χ4n) is 2.29. The molecule has 0 saturated carbocycles. The first-order valence-corrected chi connectivity index (χ1v) is 7.86. The monoisotopic (exact) mass is 281 g/mol. The smallest absolute Gasteiger partial charge is 0.186 e. The van der Waals surface area contributed by atoms with Crippen molar-refractivity contribution in [2.45, 2.75) is 32.6 Å². The number of nitrogens with zero attached hydrogens (tertiary/aromatic N) is 3. The van der Waals surface area contributed by atoms with Crippen LogP contribution in [0.15, 0.2) is 0 Å². The Morgan fingerprint density at radius 2 is 2.00 bits per heavy atom. The molecule has 0 unspecified atom stereocenters. The maximum Gasteiger partial charge on any atom is 0.186 e. The molecule has 0 atom stereocenters. The van der Waals surface area contributed by atoms with E-state index < -0.39 is 0 Å². The van der Waals surface area contributed by atoms with Crippen LogP contribution in [0.2, 0.25) is 0 Å². The van der Waals surface area contributed by atoms with Gasteiger partial charge in [-0.05, 0) is 33.4 Å². The van der Waals surface area contributed by atoms with Crippen LogP contribution in [0.3, 0.4) is 0 Å². The lowest BCUT2D eigenvalue weighted by Crippen LogP contribution is -2.32. The zero-order valence-electron chi connectivity index (χ0n) is 12.1. The minimum absolute atomic E-state index is 0.286. The SMILES string of the molecule is CCCN(CCN(C)C)c1nc2c(s1)C(=O)CCC2. The minimum Gasteiger partial charge on any atom is -0.347 e. The first-order valence-electron chi connectivity index (χ1n) is 7.04. The van der Waals surface area contributed by atoms with Gasteiger partial charge in [0.25, 0.3) is 0 Å². The number of carbonyl (C=O) groups is 1. The number of ketones is 1. The molecular formula is C14H23N3OS. The van der Waals surface area contributed by atoms with E-state index in [-0.39, 0.29) is 5.78 Å². The van der Waals surface area contributed by atoms with Crippen LogP contribution in [-0.2, 0) is 6.42 Å². The minimum atomic E-state index is 0.286. The highest BCUT2D eigenvalue weighted by Crippen LogP contribution is 2.31. The van der Waals surface area contributed by atoms with E-state index in [4.69, 9.17) is 4.98 Å². The fourth-order valence-corrected chi connectivity index (χ4v) is 3.42. The molecule has 0 amide bonds. The van der Waals surface area contributed by atoms with Crippen molar-refractivity contribution in [3.63, 3.8) is 0 Å². The molecule has 4 nitrogen and oxygen atoms in total. The molecular weight excluding hydrogens is 258 g/mol. The molecule has 0 aliphatic heterocycles. The van der Waals surface area contributed by atoms with Crippen molar-refractivity contribution in [1.82, 2.24) is 9.88 Å². The Hall–Kier alpha value is -0.940. The van der Waals surface area contributed by atoms with E-state index in [1.165, 1.54) is 0 Å². The molecule has 0 N–H and O–H groups in total. The quantitative estimate of drug-likeness (QED) is 0.802. The molecule has 0 saturated heterocycles. The predicted octanol–water partition coefficient (Wildman–Crippen LogP) is 2.44. The Morgan fingerprint density at radius 1 is 1.21 bits per heavy atom. The predicted molar refractivity (Wildman–Crippen MR) is 80.4 cm³/mol. The highest BCUT2D eigenvalue weighted by atomic mass is 32.1. The van der Waals surface area contributed by atoms with Crippen molar-refractivity contribution in [2.75, 3.05) is 38.6 Å². The molecule has 1 aromatic heterocycles. The fraction of sp³-hybridized carbons (Fsp3) is 0.714. The molecule has 0 fully saturated rings. The Kier molecular flexibility index (Phi) is 4.93. The van der Waals surface area contributed by atoms with Gasteiger partial charge in [-0.2, -0.15) is 0 Å². The third-order valence-electron chi connectivity index (χ3n) is 3.34. The Morgan fingerprint density at radius 3 is 2.63 bits per heavy atom. The summed E-state index contributed by atoms with van der Waals surface area (Å²) < 4.78 is 0. The summed E-state index contributed by atoms with van der Waals surface area (Å²) in [6, 6.07) is 0. The molecule has 0 aromatic carbocycles. The van der Waals surface area contributed by atoms with Gasteiger partial charge in [-0.25, -0.2) is 4.98 Å². The Bertz CT molecular complexity index is 442. The number of likely N-dealkylation sites (N-methyl/N-ethyl adjacent to an activating group) is 1. The number of aromatic nitrogens is 1. The molecule has 5 heteroatoms. The van der Waals surface area contributed by atoms with E-state index in [1.807, 2.05) is 0 Å². The second-order valence-electron chi connectivity index (χ2n) is 5.34. The average Bonchev–Trinajstić information content (AvgIpc) is 2.79. The highest BCUT2D eigenvalue weighted by molar-refractivity contribution is 7.17. The molecule has 0 spiro atoms. The van der Waals surface area contributed by atoms with Gasteiger partial charge < -0.3 is 9.80 Å². The van der Waals surface area contributed by atoms with Crippen LogP contribution in [0.5, 0.6) is 0 Å². The topological polar surface area (TPSA) is 36.4 Å². The zero-order valence-corrected chi connectivity index (χ0v) is 12.9. The van der Waals surface area contributed by atoms with Crippen LogP contribution < -0.4 is 4.90 Å². The van der Waals surface area contributed by atoms with Gasteiger partial charge in [0.1, 0.15) is 0 Å². The van der Waals surface area contributed by atoms with Gasteiger partial charge in [-0.15, -0.1) is 0 Å². The van der Waals surface area contributed by atoms with Gasteiger partial charge in [0.15, 0.2) is 10.9 Å². The first-order chi connectivity index (χ1) is 9.11. The summed E-state index contributed by atoms with van der Waals surface area (Å²) >= 11 is 1.59. The number of anilines is 1. The lowest BCUT2D eigenvalue weighted by molar-refractivity contribution is 0.0976. The van der Waals surface area contributed by atoms with Crippen LogP contribution >= 0.6 is 11.3 Å². The van der Waals surface area contributed by atoms with Gasteiger partial charge >= 0.3 is 0 Å². The molecule has 19 heavy (non-hydrogen) atoms. The number of rotatable bonds is 6. The number of carbonyl (C=O) groups excluding carboxylic acids is 1. The summed E-state index contributed by atoms with van der Waals surface area (Å²) in [6.45, 7) is 5.18. The van der Waals surface area contributed by atoms with E-state index in [2.05, 4.69) is 30.8 Å². The van der Waals surface area contributed by atoms with Gasteiger partial charge in [-0.3, -0.25) is 4.79 Å². The third-order valence-corrected chi connectivity index (χ3v) is 4.54. The summed E-state index contributed by atoms with van der Waals surface area (Å²) in [5, 5.41) is 1.03. The first kappa shape index (κ1) is 14.5. The molecule has 2 rings (SSSR count). The van der Waals surface area contributed by atoms with Crippen LogP contribution in [0.1, 0.15) is 41.6 Å². The molecule has 1 aliphatic carbocycles. The summed E-state index contributed by atoms with van der Waals surface area (Å²) in [6.07, 6.45) is 3.72. The summed E-state index contributed by atoms with van der Waals surface area (Å²) in [7, 11) is 4.17.